The summed E-state index contributed by atoms with van der Waals surface area (Å²) in [7, 11) is 0. The van der Waals surface area contributed by atoms with Gasteiger partial charge in [-0.05, 0) is 37.8 Å². The smallest absolute Gasteiger partial charge is 0.344 e. The molecule has 2 aromatic carbocycles. The first kappa shape index (κ1) is 31.8. The van der Waals surface area contributed by atoms with Crippen molar-refractivity contribution in [1.82, 2.24) is 0 Å². The van der Waals surface area contributed by atoms with E-state index < -0.39 is 51.4 Å². The molecule has 10 heteroatoms. The predicted molar refractivity (Wildman–Crippen MR) is 161 cm³/mol. The molecule has 10 nitrogen and oxygen atoms in total. The Morgan fingerprint density at radius 3 is 1.62 bits per heavy atom. The summed E-state index contributed by atoms with van der Waals surface area (Å²) in [6, 6.07) is 1.93. The first-order valence-electron chi connectivity index (χ1n) is 14.0. The normalized spacial score (nSPS) is 11.9. The first-order valence-corrected chi connectivity index (χ1v) is 14.0. The van der Waals surface area contributed by atoms with Gasteiger partial charge in [-0.1, -0.05) is 75.5 Å². The molecule has 0 aliphatic rings. The molecule has 0 amide bonds. The van der Waals surface area contributed by atoms with Crippen molar-refractivity contribution in [2.45, 2.75) is 71.1 Å². The molecule has 0 fully saturated rings. The monoisotopic (exact) mass is 580 g/mol. The van der Waals surface area contributed by atoms with Crippen LogP contribution < -0.4 is 11.3 Å². The molecule has 0 unspecified atom stereocenters. The standard InChI is InChI=1S/C18H30O2.C14H6O8/c1-2-3-4-5-6-7-8-9-10-11-12-13-14-15-16-17-18(19)20;15-5-1-3-7-8-4(14(20)22-11(7)9(5)17)2-6(16)10(18)12(8)21-13(3)19/h5-10H,2-4,11-17H2,1H3,(H,19,20);1-2,15-18H/b6-5-,8-7+,10-9-;. The molecule has 0 spiro atoms. The van der Waals surface area contributed by atoms with Gasteiger partial charge in [0.25, 0.3) is 0 Å². The van der Waals surface area contributed by atoms with E-state index in [1.807, 2.05) is 0 Å². The van der Waals surface area contributed by atoms with Crippen LogP contribution >= 0.6 is 0 Å². The highest BCUT2D eigenvalue weighted by atomic mass is 16.4. The molecule has 0 bridgehead atoms. The zero-order valence-corrected chi connectivity index (χ0v) is 23.5. The largest absolute Gasteiger partial charge is 0.504 e. The maximum atomic E-state index is 12.0. The minimum absolute atomic E-state index is 0.00597. The molecule has 0 saturated carbocycles. The van der Waals surface area contributed by atoms with E-state index in [-0.39, 0.29) is 21.5 Å². The number of allylic oxidation sites excluding steroid dienone is 6. The summed E-state index contributed by atoms with van der Waals surface area (Å²) in [5, 5.41) is 47.2. The van der Waals surface area contributed by atoms with Crippen LogP contribution in [0.5, 0.6) is 23.0 Å². The summed E-state index contributed by atoms with van der Waals surface area (Å²) in [6.45, 7) is 2.21. The van der Waals surface area contributed by atoms with Crippen LogP contribution in [0.1, 0.15) is 71.1 Å². The number of carboxylic acids is 1. The minimum Gasteiger partial charge on any atom is -0.504 e. The molecular formula is C32H36O10. The van der Waals surface area contributed by atoms with Gasteiger partial charge in [-0.25, -0.2) is 9.59 Å². The van der Waals surface area contributed by atoms with Crippen LogP contribution in [0, 0.1) is 0 Å². The van der Waals surface area contributed by atoms with Crippen LogP contribution in [-0.2, 0) is 4.79 Å². The summed E-state index contributed by atoms with van der Waals surface area (Å²) in [4.78, 5) is 34.3. The van der Waals surface area contributed by atoms with Gasteiger partial charge in [-0.3, -0.25) is 4.79 Å². The van der Waals surface area contributed by atoms with Gasteiger partial charge in [-0.15, -0.1) is 0 Å². The molecule has 2 heterocycles. The Balaban J connectivity index is 0.000000232. The van der Waals surface area contributed by atoms with Crippen molar-refractivity contribution in [3.63, 3.8) is 0 Å². The zero-order chi connectivity index (χ0) is 30.6. The fourth-order valence-corrected chi connectivity index (χ4v) is 4.45. The number of benzene rings is 2. The van der Waals surface area contributed by atoms with Gasteiger partial charge >= 0.3 is 17.2 Å². The molecule has 2 aromatic heterocycles. The van der Waals surface area contributed by atoms with Crippen molar-refractivity contribution in [2.24, 2.45) is 0 Å². The summed E-state index contributed by atoms with van der Waals surface area (Å²) in [5.41, 5.74) is -2.70. The number of carboxylic acid groups (broad SMARTS) is 1. The lowest BCUT2D eigenvalue weighted by atomic mass is 10.0. The van der Waals surface area contributed by atoms with Crippen LogP contribution in [0.3, 0.4) is 0 Å². The van der Waals surface area contributed by atoms with E-state index in [0.717, 1.165) is 37.8 Å². The molecule has 0 aliphatic heterocycles. The maximum Gasteiger partial charge on any atom is 0.344 e. The average Bonchev–Trinajstić information content (AvgIpc) is 2.95. The van der Waals surface area contributed by atoms with Crippen molar-refractivity contribution in [3.8, 4) is 23.0 Å². The number of hydrogen-bond donors (Lipinski definition) is 5. The number of phenols is 4. The van der Waals surface area contributed by atoms with Crippen LogP contribution in [0.4, 0.5) is 0 Å². The van der Waals surface area contributed by atoms with Crippen molar-refractivity contribution < 1.29 is 39.2 Å². The third-order valence-corrected chi connectivity index (χ3v) is 6.64. The average molecular weight is 581 g/mol. The minimum atomic E-state index is -0.941. The van der Waals surface area contributed by atoms with Gasteiger partial charge in [0.15, 0.2) is 22.7 Å². The Labute approximate surface area is 241 Å². The number of carbonyl (C=O) groups is 1. The quantitative estimate of drug-likeness (QED) is 0.0364. The van der Waals surface area contributed by atoms with Crippen LogP contribution in [0.2, 0.25) is 0 Å². The number of phenolic OH excluding ortho intramolecular Hbond substituents is 4. The van der Waals surface area contributed by atoms with Crippen molar-refractivity contribution in [3.05, 3.63) is 69.4 Å². The van der Waals surface area contributed by atoms with E-state index in [4.69, 9.17) is 13.9 Å². The Hall–Kier alpha value is -4.73. The van der Waals surface area contributed by atoms with Crippen LogP contribution in [-0.4, -0.2) is 31.5 Å². The van der Waals surface area contributed by atoms with Gasteiger partial charge in [0, 0.05) is 17.2 Å². The lowest BCUT2D eigenvalue weighted by molar-refractivity contribution is -0.137. The Morgan fingerprint density at radius 2 is 1.14 bits per heavy atom. The summed E-state index contributed by atoms with van der Waals surface area (Å²) in [6.07, 6.45) is 23.3. The molecular weight excluding hydrogens is 544 g/mol. The van der Waals surface area contributed by atoms with Gasteiger partial charge in [0.1, 0.15) is 0 Å². The molecule has 42 heavy (non-hydrogen) atoms. The van der Waals surface area contributed by atoms with Gasteiger partial charge in [0.05, 0.1) is 10.8 Å². The van der Waals surface area contributed by atoms with E-state index in [1.165, 1.54) is 32.1 Å². The topological polar surface area (TPSA) is 179 Å². The second-order valence-electron chi connectivity index (χ2n) is 9.85. The van der Waals surface area contributed by atoms with Crippen molar-refractivity contribution in [1.29, 1.82) is 0 Å². The number of rotatable bonds is 13. The fraction of sp³-hybridized carbons (Fsp3) is 0.344. The summed E-state index contributed by atoms with van der Waals surface area (Å²) < 4.78 is 9.87. The molecule has 224 valence electrons. The Bertz CT molecular complexity index is 1610. The number of unbranched alkanes of at least 4 members (excludes halogenated alkanes) is 7. The molecule has 0 aliphatic carbocycles. The van der Waals surface area contributed by atoms with E-state index in [0.29, 0.717) is 6.42 Å². The van der Waals surface area contributed by atoms with Gasteiger partial charge in [0.2, 0.25) is 11.5 Å². The van der Waals surface area contributed by atoms with Crippen LogP contribution in [0.15, 0.2) is 67.0 Å². The number of aromatic hydroxyl groups is 4. The van der Waals surface area contributed by atoms with Gasteiger partial charge < -0.3 is 34.4 Å². The maximum absolute atomic E-state index is 12.0. The molecule has 0 radical (unpaired) electrons. The molecule has 5 N–H and O–H groups in total. The van der Waals surface area contributed by atoms with E-state index in [1.54, 1.807) is 0 Å². The molecule has 4 aromatic rings. The summed E-state index contributed by atoms with van der Waals surface area (Å²) >= 11 is 0. The summed E-state index contributed by atoms with van der Waals surface area (Å²) in [5.74, 6) is -3.43. The van der Waals surface area contributed by atoms with Crippen LogP contribution in [0.25, 0.3) is 32.7 Å². The highest BCUT2D eigenvalue weighted by Gasteiger charge is 2.24. The SMILES string of the molecule is CCCC\C=C/C=C/C=C\CCCCCCCC(=O)O.O=c1oc2c(O)c(O)cc3c(=O)oc4c(O)c(O)cc1c4c23. The van der Waals surface area contributed by atoms with Crippen molar-refractivity contribution in [2.75, 3.05) is 0 Å². The van der Waals surface area contributed by atoms with Crippen molar-refractivity contribution >= 4 is 38.7 Å². The first-order chi connectivity index (χ1) is 20.2. The Morgan fingerprint density at radius 1 is 0.690 bits per heavy atom. The zero-order valence-electron chi connectivity index (χ0n) is 23.5. The van der Waals surface area contributed by atoms with Gasteiger partial charge in [-0.2, -0.15) is 0 Å². The predicted octanol–water partition coefficient (Wildman–Crippen LogP) is 6.97. The highest BCUT2D eigenvalue weighted by Crippen LogP contribution is 2.44. The molecule has 0 atom stereocenters. The third-order valence-electron chi connectivity index (χ3n) is 6.64. The Kier molecular flexibility index (Phi) is 11.6. The third kappa shape index (κ3) is 7.93. The molecule has 4 rings (SSSR count). The lowest BCUT2D eigenvalue weighted by Crippen LogP contribution is -2.06. The number of hydrogen-bond acceptors (Lipinski definition) is 9. The highest BCUT2D eigenvalue weighted by molar-refractivity contribution is 6.22. The number of aliphatic carboxylic acids is 1. The lowest BCUT2D eigenvalue weighted by Gasteiger charge is -2.10. The van der Waals surface area contributed by atoms with E-state index >= 15 is 0 Å². The van der Waals surface area contributed by atoms with E-state index in [2.05, 4.69) is 43.4 Å². The second-order valence-corrected chi connectivity index (χ2v) is 9.85. The fourth-order valence-electron chi connectivity index (χ4n) is 4.45. The second kappa shape index (κ2) is 15.3. The van der Waals surface area contributed by atoms with E-state index in [9.17, 15) is 34.8 Å². The molecule has 0 saturated heterocycles.